The largest absolute Gasteiger partial charge is 0.381 e. The fraction of sp³-hybridized carbons (Fsp3) is 0.909. The van der Waals surface area contributed by atoms with Crippen LogP contribution in [0.25, 0.3) is 0 Å². The highest BCUT2D eigenvalue weighted by Crippen LogP contribution is 2.20. The Morgan fingerprint density at radius 2 is 2.13 bits per heavy atom. The monoisotopic (exact) mass is 214 g/mol. The molecule has 4 heteroatoms. The summed E-state index contributed by atoms with van der Waals surface area (Å²) in [5.74, 6) is 0.500. The number of ether oxygens (including phenoxy) is 1. The molecule has 1 aliphatic rings. The maximum Gasteiger partial charge on any atom is 0.236 e. The third kappa shape index (κ3) is 3.80. The lowest BCUT2D eigenvalue weighted by molar-refractivity contribution is -0.123. The third-order valence-electron chi connectivity index (χ3n) is 3.02. The molecule has 4 nitrogen and oxygen atoms in total. The smallest absolute Gasteiger partial charge is 0.236 e. The first-order valence-corrected chi connectivity index (χ1v) is 5.78. The minimum absolute atomic E-state index is 0.0478. The van der Waals surface area contributed by atoms with Crippen LogP contribution in [-0.4, -0.2) is 31.2 Å². The quantitative estimate of drug-likeness (QED) is 0.722. The van der Waals surface area contributed by atoms with Crippen LogP contribution in [0.5, 0.6) is 0 Å². The summed E-state index contributed by atoms with van der Waals surface area (Å²) in [6, 6.07) is -0.161. The van der Waals surface area contributed by atoms with Gasteiger partial charge in [-0.3, -0.25) is 4.79 Å². The zero-order valence-corrected chi connectivity index (χ0v) is 9.66. The van der Waals surface area contributed by atoms with E-state index >= 15 is 0 Å². The summed E-state index contributed by atoms with van der Waals surface area (Å²) in [5, 5.41) is 3.02. The minimum atomic E-state index is -0.418. The number of amides is 1. The second-order valence-corrected chi connectivity index (χ2v) is 4.26. The van der Waals surface area contributed by atoms with E-state index < -0.39 is 6.04 Å². The molecule has 88 valence electrons. The van der Waals surface area contributed by atoms with Gasteiger partial charge in [-0.2, -0.15) is 0 Å². The van der Waals surface area contributed by atoms with Gasteiger partial charge in [0.2, 0.25) is 5.91 Å². The van der Waals surface area contributed by atoms with Gasteiger partial charge in [0.1, 0.15) is 0 Å². The Bertz CT molecular complexity index is 201. The molecular formula is C11H22N2O2. The molecule has 0 aromatic heterocycles. The highest BCUT2D eigenvalue weighted by atomic mass is 16.5. The Hall–Kier alpha value is -0.610. The van der Waals surface area contributed by atoms with E-state index in [1.165, 1.54) is 0 Å². The molecule has 3 N–H and O–H groups in total. The van der Waals surface area contributed by atoms with Crippen molar-refractivity contribution in [2.24, 2.45) is 11.7 Å². The average Bonchev–Trinajstić information content (AvgIpc) is 2.26. The average molecular weight is 214 g/mol. The Balaban J connectivity index is 2.43. The van der Waals surface area contributed by atoms with Gasteiger partial charge in [-0.15, -0.1) is 0 Å². The SMILES string of the molecule is CCC(NC(=O)C(C)N)C1CCOCC1. The first-order valence-electron chi connectivity index (χ1n) is 5.78. The molecule has 1 fully saturated rings. The van der Waals surface area contributed by atoms with E-state index in [0.717, 1.165) is 32.5 Å². The normalized spacial score (nSPS) is 22.1. The minimum Gasteiger partial charge on any atom is -0.381 e. The molecule has 0 spiro atoms. The van der Waals surface area contributed by atoms with Crippen molar-refractivity contribution in [1.82, 2.24) is 5.32 Å². The van der Waals surface area contributed by atoms with E-state index in [1.807, 2.05) is 0 Å². The Kier molecular flexibility index (Phi) is 5.05. The molecule has 0 aliphatic carbocycles. The molecule has 0 aromatic carbocycles. The van der Waals surface area contributed by atoms with Gasteiger partial charge in [0.15, 0.2) is 0 Å². The molecule has 2 unspecified atom stereocenters. The zero-order chi connectivity index (χ0) is 11.3. The summed E-state index contributed by atoms with van der Waals surface area (Å²) in [4.78, 5) is 11.5. The predicted octanol–water partition coefficient (Wildman–Crippen LogP) is 0.655. The van der Waals surface area contributed by atoms with Gasteiger partial charge in [-0.25, -0.2) is 0 Å². The lowest BCUT2D eigenvalue weighted by atomic mass is 9.90. The fourth-order valence-electron chi connectivity index (χ4n) is 1.99. The van der Waals surface area contributed by atoms with Crippen LogP contribution in [0.4, 0.5) is 0 Å². The molecule has 0 bridgehead atoms. The molecule has 2 atom stereocenters. The van der Waals surface area contributed by atoms with Gasteiger partial charge in [-0.05, 0) is 32.1 Å². The molecule has 1 heterocycles. The lowest BCUT2D eigenvalue weighted by Crippen LogP contribution is -2.47. The summed E-state index contributed by atoms with van der Waals surface area (Å²) in [5.41, 5.74) is 5.53. The third-order valence-corrected chi connectivity index (χ3v) is 3.02. The second kappa shape index (κ2) is 6.08. The number of nitrogens with one attached hydrogen (secondary N) is 1. The number of hydrogen-bond acceptors (Lipinski definition) is 3. The van der Waals surface area contributed by atoms with Crippen LogP contribution >= 0.6 is 0 Å². The molecule has 1 rings (SSSR count). The van der Waals surface area contributed by atoms with Gasteiger partial charge < -0.3 is 15.8 Å². The fourth-order valence-corrected chi connectivity index (χ4v) is 1.99. The van der Waals surface area contributed by atoms with Crippen molar-refractivity contribution in [3.05, 3.63) is 0 Å². The van der Waals surface area contributed by atoms with Crippen LogP contribution in [-0.2, 0) is 9.53 Å². The lowest BCUT2D eigenvalue weighted by Gasteiger charge is -2.30. The van der Waals surface area contributed by atoms with E-state index in [2.05, 4.69) is 12.2 Å². The van der Waals surface area contributed by atoms with E-state index in [-0.39, 0.29) is 11.9 Å². The first kappa shape index (κ1) is 12.5. The maximum atomic E-state index is 11.5. The molecule has 1 aliphatic heterocycles. The van der Waals surface area contributed by atoms with Gasteiger partial charge in [0.05, 0.1) is 6.04 Å². The van der Waals surface area contributed by atoms with Crippen LogP contribution in [0.15, 0.2) is 0 Å². The number of rotatable bonds is 4. The van der Waals surface area contributed by atoms with Gasteiger partial charge >= 0.3 is 0 Å². The van der Waals surface area contributed by atoms with Crippen LogP contribution in [0, 0.1) is 5.92 Å². The Labute approximate surface area is 91.5 Å². The summed E-state index contributed by atoms with van der Waals surface area (Å²) >= 11 is 0. The van der Waals surface area contributed by atoms with Crippen molar-refractivity contribution in [3.8, 4) is 0 Å². The standard InChI is InChI=1S/C11H22N2O2/c1-3-10(13-11(14)8(2)12)9-4-6-15-7-5-9/h8-10H,3-7,12H2,1-2H3,(H,13,14). The molecule has 0 saturated carbocycles. The van der Waals surface area contributed by atoms with E-state index in [1.54, 1.807) is 6.92 Å². The van der Waals surface area contributed by atoms with Crippen molar-refractivity contribution in [3.63, 3.8) is 0 Å². The Morgan fingerprint density at radius 1 is 1.53 bits per heavy atom. The summed E-state index contributed by atoms with van der Waals surface area (Å²) in [6.07, 6.45) is 3.04. The highest BCUT2D eigenvalue weighted by Gasteiger charge is 2.24. The molecule has 0 radical (unpaired) electrons. The van der Waals surface area contributed by atoms with Gasteiger partial charge in [-0.1, -0.05) is 6.92 Å². The zero-order valence-electron chi connectivity index (χ0n) is 9.66. The van der Waals surface area contributed by atoms with Gasteiger partial charge in [0.25, 0.3) is 0 Å². The number of carbonyl (C=O) groups excluding carboxylic acids is 1. The Morgan fingerprint density at radius 3 is 2.60 bits per heavy atom. The first-order chi connectivity index (χ1) is 7.15. The summed E-state index contributed by atoms with van der Waals surface area (Å²) < 4.78 is 5.31. The highest BCUT2D eigenvalue weighted by molar-refractivity contribution is 5.81. The molecule has 1 saturated heterocycles. The molecular weight excluding hydrogens is 192 g/mol. The predicted molar refractivity (Wildman–Crippen MR) is 59.4 cm³/mol. The topological polar surface area (TPSA) is 64.4 Å². The number of hydrogen-bond donors (Lipinski definition) is 2. The molecule has 1 amide bonds. The van der Waals surface area contributed by atoms with Crippen LogP contribution in [0.1, 0.15) is 33.1 Å². The molecule has 0 aromatic rings. The van der Waals surface area contributed by atoms with Crippen molar-refractivity contribution < 1.29 is 9.53 Å². The second-order valence-electron chi connectivity index (χ2n) is 4.26. The van der Waals surface area contributed by atoms with Crippen LogP contribution in [0.3, 0.4) is 0 Å². The summed E-state index contributed by atoms with van der Waals surface area (Å²) in [7, 11) is 0. The van der Waals surface area contributed by atoms with Crippen molar-refractivity contribution >= 4 is 5.91 Å². The number of carbonyl (C=O) groups is 1. The van der Waals surface area contributed by atoms with Crippen LogP contribution in [0.2, 0.25) is 0 Å². The van der Waals surface area contributed by atoms with Gasteiger partial charge in [0, 0.05) is 19.3 Å². The van der Waals surface area contributed by atoms with Crippen LogP contribution < -0.4 is 11.1 Å². The van der Waals surface area contributed by atoms with Crippen molar-refractivity contribution in [2.45, 2.75) is 45.2 Å². The number of nitrogens with two attached hydrogens (primary N) is 1. The van der Waals surface area contributed by atoms with E-state index in [4.69, 9.17) is 10.5 Å². The molecule has 15 heavy (non-hydrogen) atoms. The van der Waals surface area contributed by atoms with Crippen molar-refractivity contribution in [2.75, 3.05) is 13.2 Å². The summed E-state index contributed by atoms with van der Waals surface area (Å²) in [6.45, 7) is 5.44. The maximum absolute atomic E-state index is 11.5. The van der Waals surface area contributed by atoms with E-state index in [9.17, 15) is 4.79 Å². The van der Waals surface area contributed by atoms with Crippen molar-refractivity contribution in [1.29, 1.82) is 0 Å². The van der Waals surface area contributed by atoms with E-state index in [0.29, 0.717) is 5.92 Å².